The normalized spacial score (nSPS) is 10.5. The van der Waals surface area contributed by atoms with E-state index in [1.807, 2.05) is 0 Å². The van der Waals surface area contributed by atoms with E-state index < -0.39 is 0 Å². The first kappa shape index (κ1) is 10.7. The van der Waals surface area contributed by atoms with Gasteiger partial charge in [-0.25, -0.2) is 0 Å². The molecule has 0 bridgehead atoms. The monoisotopic (exact) mass is 194 g/mol. The molecule has 0 aliphatic heterocycles. The lowest BCUT2D eigenvalue weighted by Gasteiger charge is -2.13. The molecule has 13 heavy (non-hydrogen) atoms. The SMILES string of the molecule is CCc1ccc(P)c(CC)c1CC. The van der Waals surface area contributed by atoms with Crippen LogP contribution < -0.4 is 5.30 Å². The molecule has 1 aromatic rings. The summed E-state index contributed by atoms with van der Waals surface area (Å²) in [6.45, 7) is 6.72. The maximum Gasteiger partial charge on any atom is -0.0268 e. The molecule has 0 fully saturated rings. The van der Waals surface area contributed by atoms with Crippen molar-refractivity contribution in [3.05, 3.63) is 28.8 Å². The van der Waals surface area contributed by atoms with Crippen LogP contribution >= 0.6 is 9.24 Å². The third-order valence-corrected chi connectivity index (χ3v) is 3.19. The van der Waals surface area contributed by atoms with Crippen molar-refractivity contribution in [3.63, 3.8) is 0 Å². The van der Waals surface area contributed by atoms with Crippen LogP contribution in [-0.2, 0) is 19.3 Å². The minimum absolute atomic E-state index is 1.15. The van der Waals surface area contributed by atoms with E-state index in [2.05, 4.69) is 42.1 Å². The standard InChI is InChI=1S/C12H19P/c1-4-9-7-8-12(13)11(6-3)10(9)5-2/h7-8H,4-6,13H2,1-3H3. The highest BCUT2D eigenvalue weighted by atomic mass is 31.0. The molecule has 0 heterocycles. The fourth-order valence-corrected chi connectivity index (χ4v) is 2.42. The summed E-state index contributed by atoms with van der Waals surface area (Å²) in [6.07, 6.45) is 3.46. The van der Waals surface area contributed by atoms with E-state index in [1.54, 1.807) is 5.56 Å². The molecule has 0 aliphatic carbocycles. The molecular weight excluding hydrogens is 175 g/mol. The van der Waals surface area contributed by atoms with Crippen LogP contribution in [-0.4, -0.2) is 0 Å². The summed E-state index contributed by atoms with van der Waals surface area (Å²) in [6, 6.07) is 4.49. The number of hydrogen-bond donors (Lipinski definition) is 0. The first-order valence-electron chi connectivity index (χ1n) is 5.13. The lowest BCUT2D eigenvalue weighted by atomic mass is 9.96. The number of hydrogen-bond acceptors (Lipinski definition) is 0. The lowest BCUT2D eigenvalue weighted by molar-refractivity contribution is 0.989. The molecule has 1 heteroatoms. The van der Waals surface area contributed by atoms with Crippen molar-refractivity contribution in [1.82, 2.24) is 0 Å². The van der Waals surface area contributed by atoms with Crippen LogP contribution in [0.15, 0.2) is 12.1 Å². The molecule has 1 aromatic carbocycles. The quantitative estimate of drug-likeness (QED) is 0.649. The van der Waals surface area contributed by atoms with Gasteiger partial charge in [-0.15, -0.1) is 9.24 Å². The zero-order valence-corrected chi connectivity index (χ0v) is 10.0. The maximum absolute atomic E-state index is 2.84. The molecule has 0 spiro atoms. The topological polar surface area (TPSA) is 0 Å². The van der Waals surface area contributed by atoms with Gasteiger partial charge in [-0.2, -0.15) is 0 Å². The molecule has 0 aliphatic rings. The van der Waals surface area contributed by atoms with E-state index in [-0.39, 0.29) is 0 Å². The minimum Gasteiger partial charge on any atom is -0.105 e. The average molecular weight is 194 g/mol. The van der Waals surface area contributed by atoms with Gasteiger partial charge >= 0.3 is 0 Å². The van der Waals surface area contributed by atoms with Gasteiger partial charge in [-0.3, -0.25) is 0 Å². The number of rotatable bonds is 3. The molecule has 0 radical (unpaired) electrons. The molecule has 0 nitrogen and oxygen atoms in total. The van der Waals surface area contributed by atoms with E-state index in [1.165, 1.54) is 16.4 Å². The van der Waals surface area contributed by atoms with Crippen molar-refractivity contribution in [1.29, 1.82) is 0 Å². The number of aryl methyl sites for hydroxylation is 1. The van der Waals surface area contributed by atoms with E-state index in [0.717, 1.165) is 19.3 Å². The van der Waals surface area contributed by atoms with Crippen molar-refractivity contribution in [2.75, 3.05) is 0 Å². The zero-order chi connectivity index (χ0) is 9.84. The summed E-state index contributed by atoms with van der Waals surface area (Å²) < 4.78 is 0. The van der Waals surface area contributed by atoms with Crippen LogP contribution in [0.2, 0.25) is 0 Å². The van der Waals surface area contributed by atoms with E-state index in [9.17, 15) is 0 Å². The Morgan fingerprint density at radius 1 is 0.923 bits per heavy atom. The van der Waals surface area contributed by atoms with Gasteiger partial charge in [0.2, 0.25) is 0 Å². The second kappa shape index (κ2) is 4.77. The summed E-state index contributed by atoms with van der Waals surface area (Å²) >= 11 is 0. The molecule has 0 aromatic heterocycles. The first-order chi connectivity index (χ1) is 6.24. The van der Waals surface area contributed by atoms with E-state index in [4.69, 9.17) is 0 Å². The van der Waals surface area contributed by atoms with Crippen molar-refractivity contribution < 1.29 is 0 Å². The van der Waals surface area contributed by atoms with Gasteiger partial charge in [0, 0.05) is 0 Å². The Labute approximate surface area is 84.0 Å². The summed E-state index contributed by atoms with van der Waals surface area (Å²) in [5, 5.41) is 1.37. The Balaban J connectivity index is 3.27. The van der Waals surface area contributed by atoms with Crippen molar-refractivity contribution >= 4 is 14.5 Å². The Morgan fingerprint density at radius 3 is 2.00 bits per heavy atom. The summed E-state index contributed by atoms with van der Waals surface area (Å²) in [4.78, 5) is 0. The van der Waals surface area contributed by atoms with Gasteiger partial charge < -0.3 is 0 Å². The third-order valence-electron chi connectivity index (χ3n) is 2.65. The minimum atomic E-state index is 1.15. The molecule has 1 unspecified atom stereocenters. The van der Waals surface area contributed by atoms with Crippen LogP contribution in [0.25, 0.3) is 0 Å². The van der Waals surface area contributed by atoms with Gasteiger partial charge in [0.05, 0.1) is 0 Å². The largest absolute Gasteiger partial charge is 0.105 e. The van der Waals surface area contributed by atoms with Gasteiger partial charge in [0.1, 0.15) is 0 Å². The second-order valence-corrected chi connectivity index (χ2v) is 3.95. The van der Waals surface area contributed by atoms with Gasteiger partial charge in [0.15, 0.2) is 0 Å². The smallest absolute Gasteiger partial charge is 0.0268 e. The van der Waals surface area contributed by atoms with Crippen LogP contribution in [0.1, 0.15) is 37.5 Å². The lowest BCUT2D eigenvalue weighted by Crippen LogP contribution is -2.08. The Hall–Kier alpha value is -0.350. The predicted octanol–water partition coefficient (Wildman–Crippen LogP) is 2.87. The highest BCUT2D eigenvalue weighted by molar-refractivity contribution is 7.27. The Kier molecular flexibility index (Phi) is 3.93. The predicted molar refractivity (Wildman–Crippen MR) is 63.9 cm³/mol. The van der Waals surface area contributed by atoms with Crippen LogP contribution in [0.5, 0.6) is 0 Å². The van der Waals surface area contributed by atoms with Crippen LogP contribution in [0, 0.1) is 0 Å². The van der Waals surface area contributed by atoms with Gasteiger partial charge in [0.25, 0.3) is 0 Å². The Bertz CT molecular complexity index is 289. The fourth-order valence-electron chi connectivity index (χ4n) is 1.95. The van der Waals surface area contributed by atoms with E-state index >= 15 is 0 Å². The first-order valence-corrected chi connectivity index (χ1v) is 5.71. The van der Waals surface area contributed by atoms with Crippen molar-refractivity contribution in [2.45, 2.75) is 40.0 Å². The maximum atomic E-state index is 2.84. The number of benzene rings is 1. The molecule has 1 rings (SSSR count). The van der Waals surface area contributed by atoms with Crippen LogP contribution in [0.3, 0.4) is 0 Å². The molecule has 0 saturated heterocycles. The zero-order valence-electron chi connectivity index (χ0n) is 8.85. The molecule has 72 valence electrons. The summed E-state index contributed by atoms with van der Waals surface area (Å²) in [5.41, 5.74) is 4.62. The molecular formula is C12H19P. The fraction of sp³-hybridized carbons (Fsp3) is 0.500. The molecule has 0 saturated carbocycles. The van der Waals surface area contributed by atoms with Crippen LogP contribution in [0.4, 0.5) is 0 Å². The highest BCUT2D eigenvalue weighted by Crippen LogP contribution is 2.17. The Morgan fingerprint density at radius 2 is 1.54 bits per heavy atom. The van der Waals surface area contributed by atoms with Crippen molar-refractivity contribution in [2.24, 2.45) is 0 Å². The summed E-state index contributed by atoms with van der Waals surface area (Å²) in [5.74, 6) is 0. The summed E-state index contributed by atoms with van der Waals surface area (Å²) in [7, 11) is 2.84. The highest BCUT2D eigenvalue weighted by Gasteiger charge is 2.06. The molecule has 0 N–H and O–H groups in total. The average Bonchev–Trinajstić information content (AvgIpc) is 2.17. The molecule has 0 amide bonds. The third kappa shape index (κ3) is 2.11. The van der Waals surface area contributed by atoms with Gasteiger partial charge in [-0.05, 0) is 41.3 Å². The van der Waals surface area contributed by atoms with Crippen molar-refractivity contribution in [3.8, 4) is 0 Å². The second-order valence-electron chi connectivity index (χ2n) is 3.33. The van der Waals surface area contributed by atoms with E-state index in [0.29, 0.717) is 0 Å². The molecule has 1 atom stereocenters. The van der Waals surface area contributed by atoms with Gasteiger partial charge in [-0.1, -0.05) is 32.9 Å².